The van der Waals surface area contributed by atoms with Crippen LogP contribution in [0.5, 0.6) is 0 Å². The number of rotatable bonds is 6. The van der Waals surface area contributed by atoms with Crippen LogP contribution in [0.1, 0.15) is 5.56 Å². The molecule has 11 heteroatoms. The molecule has 35 heavy (non-hydrogen) atoms. The summed E-state index contributed by atoms with van der Waals surface area (Å²) in [5.74, 6) is 0.417. The summed E-state index contributed by atoms with van der Waals surface area (Å²) in [5, 5.41) is 17.6. The van der Waals surface area contributed by atoms with Crippen molar-refractivity contribution in [3.8, 4) is 6.07 Å². The smallest absolute Gasteiger partial charge is 0.324 e. The lowest BCUT2D eigenvalue weighted by Crippen LogP contribution is -2.43. The number of halogens is 2. The zero-order valence-corrected chi connectivity index (χ0v) is 19.4. The minimum Gasteiger partial charge on any atom is -0.324 e. The Balaban J connectivity index is 1.83. The normalized spacial score (nSPS) is 10.2. The van der Waals surface area contributed by atoms with Gasteiger partial charge in [0.15, 0.2) is 5.82 Å². The summed E-state index contributed by atoms with van der Waals surface area (Å²) >= 11 is 12.6. The molecule has 0 spiro atoms. The number of para-hydroxylation sites is 1. The van der Waals surface area contributed by atoms with E-state index in [1.807, 2.05) is 0 Å². The molecule has 9 nitrogen and oxygen atoms in total. The van der Waals surface area contributed by atoms with Gasteiger partial charge in [0.1, 0.15) is 0 Å². The van der Waals surface area contributed by atoms with Crippen molar-refractivity contribution >= 4 is 58.1 Å². The van der Waals surface area contributed by atoms with E-state index in [9.17, 15) is 9.70 Å². The number of hydrogen-bond donors (Lipinski definition) is 1. The fraction of sp³-hybridized carbons (Fsp3) is 0. The van der Waals surface area contributed by atoms with Crippen LogP contribution in [-0.2, 0) is 0 Å². The Morgan fingerprint density at radius 1 is 1.00 bits per heavy atom. The molecule has 1 aromatic heterocycles. The summed E-state index contributed by atoms with van der Waals surface area (Å²) in [6.45, 7) is 0. The quantitative estimate of drug-likeness (QED) is 0.226. The minimum absolute atomic E-state index is 0.199. The number of aromatic nitrogens is 2. The molecule has 0 atom stereocenters. The van der Waals surface area contributed by atoms with Crippen molar-refractivity contribution in [1.82, 2.24) is 9.97 Å². The molecule has 0 unspecified atom stereocenters. The number of nitrogens with one attached hydrogen (secondary N) is 1. The van der Waals surface area contributed by atoms with Crippen LogP contribution in [0.25, 0.3) is 0 Å². The van der Waals surface area contributed by atoms with E-state index >= 15 is 0 Å². The van der Waals surface area contributed by atoms with Gasteiger partial charge in [-0.25, -0.2) is 14.8 Å². The molecule has 0 saturated heterocycles. The van der Waals surface area contributed by atoms with Gasteiger partial charge in [0.05, 0.1) is 28.0 Å². The molecule has 0 radical (unpaired) electrons. The van der Waals surface area contributed by atoms with Gasteiger partial charge in [-0.1, -0.05) is 41.4 Å². The minimum atomic E-state index is -1.13. The Kier molecular flexibility index (Phi) is 7.16. The highest BCUT2D eigenvalue weighted by molar-refractivity contribution is 6.34. The number of hydrogen-bond acceptors (Lipinski definition) is 7. The van der Waals surface area contributed by atoms with Crippen molar-refractivity contribution in [3.05, 3.63) is 106 Å². The van der Waals surface area contributed by atoms with E-state index in [0.717, 1.165) is 5.01 Å². The molecule has 4 rings (SSSR count). The van der Waals surface area contributed by atoms with E-state index in [-0.39, 0.29) is 22.5 Å². The highest BCUT2D eigenvalue weighted by atomic mass is 35.5. The highest BCUT2D eigenvalue weighted by Crippen LogP contribution is 2.35. The molecule has 0 aliphatic rings. The summed E-state index contributed by atoms with van der Waals surface area (Å²) in [7, 11) is 0. The molecule has 3 aromatic carbocycles. The number of benzene rings is 3. The van der Waals surface area contributed by atoms with Gasteiger partial charge in [0.25, 0.3) is 0 Å². The van der Waals surface area contributed by atoms with Crippen LogP contribution in [-0.4, -0.2) is 16.0 Å². The number of nitrogens with zero attached hydrogens (tertiary/aromatic N) is 6. The van der Waals surface area contributed by atoms with Gasteiger partial charge in [-0.2, -0.15) is 15.3 Å². The molecule has 0 aliphatic heterocycles. The number of amides is 2. The summed E-state index contributed by atoms with van der Waals surface area (Å²) in [6, 6.07) is 22.3. The Bertz CT molecular complexity index is 1420. The molecule has 0 saturated carbocycles. The summed E-state index contributed by atoms with van der Waals surface area (Å²) in [6.07, 6.45) is 1.48. The number of carbonyl (C=O) groups is 1. The standard InChI is InChI=1S/C24H15Cl2N7O2/c25-17-4-3-5-19(14-17)32(33(24(34)31-35)21-7-2-1-6-20(21)26)22-12-13-28-23(30-22)29-18-10-8-16(15-27)9-11-18/h1-14H,(H,28,29,30). The van der Waals surface area contributed by atoms with Crippen LogP contribution in [0.15, 0.2) is 90.2 Å². The van der Waals surface area contributed by atoms with E-state index in [2.05, 4.69) is 26.5 Å². The summed E-state index contributed by atoms with van der Waals surface area (Å²) in [5.41, 5.74) is 1.77. The fourth-order valence-electron chi connectivity index (χ4n) is 3.20. The van der Waals surface area contributed by atoms with Gasteiger partial charge in [0, 0.05) is 28.2 Å². The van der Waals surface area contributed by atoms with Crippen molar-refractivity contribution in [2.24, 2.45) is 5.18 Å². The first kappa shape index (κ1) is 23.6. The average Bonchev–Trinajstić information content (AvgIpc) is 2.88. The second-order valence-corrected chi connectivity index (χ2v) is 7.82. The van der Waals surface area contributed by atoms with Crippen molar-refractivity contribution in [3.63, 3.8) is 0 Å². The van der Waals surface area contributed by atoms with Gasteiger partial charge in [-0.05, 0) is 54.6 Å². The molecule has 0 fully saturated rings. The zero-order chi connectivity index (χ0) is 24.8. The number of carbonyl (C=O) groups excluding carboxylic acids is 1. The molecule has 0 aliphatic carbocycles. The first-order valence-electron chi connectivity index (χ1n) is 10.1. The molecule has 1 heterocycles. The maximum absolute atomic E-state index is 12.8. The number of nitroso groups, excluding NO2 is 1. The van der Waals surface area contributed by atoms with Gasteiger partial charge >= 0.3 is 6.03 Å². The Morgan fingerprint density at radius 2 is 1.77 bits per heavy atom. The van der Waals surface area contributed by atoms with Crippen LogP contribution in [0.3, 0.4) is 0 Å². The summed E-state index contributed by atoms with van der Waals surface area (Å²) in [4.78, 5) is 33.0. The third kappa shape index (κ3) is 5.35. The molecular formula is C24H15Cl2N7O2. The number of anilines is 5. The van der Waals surface area contributed by atoms with Gasteiger partial charge < -0.3 is 5.32 Å². The molecular weight excluding hydrogens is 489 g/mol. The largest absolute Gasteiger partial charge is 0.404 e. The van der Waals surface area contributed by atoms with Crippen molar-refractivity contribution in [2.75, 3.05) is 15.3 Å². The van der Waals surface area contributed by atoms with E-state index < -0.39 is 6.03 Å². The zero-order valence-electron chi connectivity index (χ0n) is 17.8. The highest BCUT2D eigenvalue weighted by Gasteiger charge is 2.29. The maximum atomic E-state index is 12.8. The molecule has 2 amide bonds. The topological polar surface area (TPSA) is 115 Å². The lowest BCUT2D eigenvalue weighted by molar-refractivity contribution is 0.254. The van der Waals surface area contributed by atoms with Gasteiger partial charge in [0.2, 0.25) is 5.95 Å². The summed E-state index contributed by atoms with van der Waals surface area (Å²) < 4.78 is 0. The number of nitriles is 1. The predicted octanol–water partition coefficient (Wildman–Crippen LogP) is 6.84. The Hall–Kier alpha value is -4.52. The van der Waals surface area contributed by atoms with Crippen LogP contribution in [0.2, 0.25) is 10.0 Å². The third-order valence-electron chi connectivity index (χ3n) is 4.72. The Morgan fingerprint density at radius 3 is 2.46 bits per heavy atom. The van der Waals surface area contributed by atoms with Gasteiger partial charge in [-0.3, -0.25) is 0 Å². The van der Waals surface area contributed by atoms with Crippen LogP contribution >= 0.6 is 23.2 Å². The first-order valence-corrected chi connectivity index (χ1v) is 10.8. The molecule has 172 valence electrons. The van der Waals surface area contributed by atoms with E-state index in [1.165, 1.54) is 11.2 Å². The Labute approximate surface area is 210 Å². The van der Waals surface area contributed by atoms with E-state index in [4.69, 9.17) is 28.5 Å². The number of urea groups is 1. The van der Waals surface area contributed by atoms with E-state index in [0.29, 0.717) is 22.0 Å². The first-order chi connectivity index (χ1) is 17.0. The second kappa shape index (κ2) is 10.6. The SMILES string of the molecule is N#Cc1ccc(Nc2nccc(N(c3cccc(Cl)c3)N(C(=O)N=O)c3ccccc3Cl)n2)cc1. The fourth-order valence-corrected chi connectivity index (χ4v) is 3.60. The molecule has 4 aromatic rings. The molecule has 1 N–H and O–H groups in total. The second-order valence-electron chi connectivity index (χ2n) is 6.98. The van der Waals surface area contributed by atoms with Crippen LogP contribution < -0.4 is 15.3 Å². The van der Waals surface area contributed by atoms with Gasteiger partial charge in [-0.15, -0.1) is 4.91 Å². The lowest BCUT2D eigenvalue weighted by atomic mass is 10.2. The number of hydrazine groups is 1. The van der Waals surface area contributed by atoms with Crippen LogP contribution in [0.4, 0.5) is 33.6 Å². The average molecular weight is 504 g/mol. The van der Waals surface area contributed by atoms with Crippen molar-refractivity contribution in [1.29, 1.82) is 5.26 Å². The van der Waals surface area contributed by atoms with Crippen molar-refractivity contribution in [2.45, 2.75) is 0 Å². The molecule has 0 bridgehead atoms. The maximum Gasteiger partial charge on any atom is 0.404 e. The predicted molar refractivity (Wildman–Crippen MR) is 135 cm³/mol. The third-order valence-corrected chi connectivity index (χ3v) is 5.28. The van der Waals surface area contributed by atoms with E-state index in [1.54, 1.807) is 78.9 Å². The lowest BCUT2D eigenvalue weighted by Gasteiger charge is -2.34. The monoisotopic (exact) mass is 503 g/mol. The van der Waals surface area contributed by atoms with Crippen molar-refractivity contribution < 1.29 is 4.79 Å². The van der Waals surface area contributed by atoms with Crippen LogP contribution in [0, 0.1) is 16.2 Å².